The van der Waals surface area contributed by atoms with Crippen molar-refractivity contribution in [1.29, 1.82) is 0 Å². The third-order valence-electron chi connectivity index (χ3n) is 3.53. The van der Waals surface area contributed by atoms with E-state index in [1.807, 2.05) is 0 Å². The van der Waals surface area contributed by atoms with Crippen molar-refractivity contribution in [2.45, 2.75) is 13.0 Å². The first-order chi connectivity index (χ1) is 9.15. The lowest BCUT2D eigenvalue weighted by Crippen LogP contribution is -2.43. The number of pyridine rings is 1. The molecule has 1 aromatic rings. The number of carbonyl (C=O) groups excluding carboxylic acids is 2. The number of methoxy groups -OCH3 is 1. The van der Waals surface area contributed by atoms with Gasteiger partial charge in [0.2, 0.25) is 5.78 Å². The Morgan fingerprint density at radius 3 is 2.79 bits per heavy atom. The Hall–Kier alpha value is -2.30. The number of rotatable bonds is 1. The van der Waals surface area contributed by atoms with Crippen LogP contribution in [-0.2, 0) is 4.74 Å². The molecule has 5 heteroatoms. The molecule has 1 aliphatic carbocycles. The van der Waals surface area contributed by atoms with Gasteiger partial charge in [0, 0.05) is 12.4 Å². The molecule has 0 amide bonds. The zero-order valence-electron chi connectivity index (χ0n) is 10.6. The third kappa shape index (κ3) is 1.54. The first kappa shape index (κ1) is 11.8. The molecule has 2 atom stereocenters. The Kier molecular flexibility index (Phi) is 2.55. The number of hydrogen-bond acceptors (Lipinski definition) is 5. The van der Waals surface area contributed by atoms with E-state index < -0.39 is 12.0 Å². The van der Waals surface area contributed by atoms with Gasteiger partial charge in [0.25, 0.3) is 0 Å². The van der Waals surface area contributed by atoms with Gasteiger partial charge in [0.1, 0.15) is 23.4 Å². The summed E-state index contributed by atoms with van der Waals surface area (Å²) in [6, 6.07) is 0.987. The van der Waals surface area contributed by atoms with Crippen molar-refractivity contribution >= 4 is 17.8 Å². The molecule has 2 aliphatic rings. The quantitative estimate of drug-likeness (QED) is 0.761. The van der Waals surface area contributed by atoms with Gasteiger partial charge in [-0.3, -0.25) is 19.6 Å². The molecule has 2 heterocycles. The molecule has 96 valence electrons. The number of dihydropyridines is 1. The number of ether oxygens (including phenoxy) is 1. The van der Waals surface area contributed by atoms with Crippen LogP contribution in [0.3, 0.4) is 0 Å². The zero-order valence-corrected chi connectivity index (χ0v) is 10.6. The van der Waals surface area contributed by atoms with E-state index in [9.17, 15) is 9.59 Å². The summed E-state index contributed by atoms with van der Waals surface area (Å²) in [5, 5.41) is 0. The number of carbonyl (C=O) groups is 2. The number of hydrogen-bond donors (Lipinski definition) is 0. The molecule has 0 radical (unpaired) electrons. The highest BCUT2D eigenvalue weighted by Gasteiger charge is 2.46. The predicted octanol–water partition coefficient (Wildman–Crippen LogP) is 1.37. The summed E-state index contributed by atoms with van der Waals surface area (Å²) in [6.45, 7) is 1.80. The van der Waals surface area contributed by atoms with Crippen molar-refractivity contribution in [3.8, 4) is 0 Å². The van der Waals surface area contributed by atoms with Gasteiger partial charge in [-0.05, 0) is 24.6 Å². The zero-order chi connectivity index (χ0) is 13.6. The highest BCUT2D eigenvalue weighted by molar-refractivity contribution is 6.18. The Morgan fingerprint density at radius 2 is 2.05 bits per heavy atom. The summed E-state index contributed by atoms with van der Waals surface area (Å²) in [4.78, 5) is 33.2. The van der Waals surface area contributed by atoms with Crippen molar-refractivity contribution in [3.63, 3.8) is 0 Å². The van der Waals surface area contributed by atoms with Crippen molar-refractivity contribution in [1.82, 2.24) is 4.98 Å². The van der Waals surface area contributed by atoms with E-state index in [2.05, 4.69) is 9.98 Å². The van der Waals surface area contributed by atoms with Crippen LogP contribution in [0.15, 0.2) is 29.1 Å². The summed E-state index contributed by atoms with van der Waals surface area (Å²) in [7, 11) is 1.49. The van der Waals surface area contributed by atoms with Crippen LogP contribution >= 0.6 is 0 Å². The van der Waals surface area contributed by atoms with Crippen LogP contribution in [0.25, 0.3) is 0 Å². The SMILES string of the molecule is COC1=CC=NC2C(=O)c3nccc(C)c3C(=O)C12. The van der Waals surface area contributed by atoms with Crippen LogP contribution in [0.2, 0.25) is 0 Å². The predicted molar refractivity (Wildman–Crippen MR) is 68.5 cm³/mol. The number of fused-ring (bicyclic) bond motifs is 2. The minimum atomic E-state index is -0.741. The van der Waals surface area contributed by atoms with Gasteiger partial charge in [0.05, 0.1) is 12.7 Å². The fraction of sp³-hybridized carbons (Fsp3) is 0.286. The standard InChI is InChI=1S/C14H12N2O3/c1-7-3-5-15-11-9(7)13(17)10-8(19-2)4-6-16-12(10)14(11)18/h3-6,10,12H,1-2H3. The average Bonchev–Trinajstić information content (AvgIpc) is 2.43. The molecule has 1 aliphatic heterocycles. The molecule has 0 bridgehead atoms. The van der Waals surface area contributed by atoms with E-state index >= 15 is 0 Å². The van der Waals surface area contributed by atoms with Gasteiger partial charge >= 0.3 is 0 Å². The van der Waals surface area contributed by atoms with Crippen LogP contribution in [0.1, 0.15) is 26.4 Å². The normalized spacial score (nSPS) is 24.6. The minimum Gasteiger partial charge on any atom is -0.500 e. The average molecular weight is 256 g/mol. The van der Waals surface area contributed by atoms with Gasteiger partial charge in [-0.2, -0.15) is 0 Å². The monoisotopic (exact) mass is 256 g/mol. The topological polar surface area (TPSA) is 68.6 Å². The van der Waals surface area contributed by atoms with E-state index in [1.54, 1.807) is 25.3 Å². The number of Topliss-reactive ketones (excluding diaryl/α,β-unsaturated/α-hetero) is 2. The van der Waals surface area contributed by atoms with Crippen LogP contribution < -0.4 is 0 Å². The summed E-state index contributed by atoms with van der Waals surface area (Å²) in [5.41, 5.74) is 1.38. The summed E-state index contributed by atoms with van der Waals surface area (Å²) < 4.78 is 5.21. The molecular formula is C14H12N2O3. The molecule has 0 saturated carbocycles. The van der Waals surface area contributed by atoms with Crippen molar-refractivity contribution in [3.05, 3.63) is 40.9 Å². The maximum atomic E-state index is 12.6. The fourth-order valence-electron chi connectivity index (χ4n) is 2.59. The molecular weight excluding hydrogens is 244 g/mol. The number of aromatic nitrogens is 1. The molecule has 0 saturated heterocycles. The van der Waals surface area contributed by atoms with Gasteiger partial charge in [-0.25, -0.2) is 0 Å². The molecule has 3 rings (SSSR count). The summed E-state index contributed by atoms with van der Waals surface area (Å²) in [6.07, 6.45) is 4.67. The molecule has 19 heavy (non-hydrogen) atoms. The van der Waals surface area contributed by atoms with E-state index in [4.69, 9.17) is 4.74 Å². The first-order valence-electron chi connectivity index (χ1n) is 5.96. The maximum Gasteiger partial charge on any atom is 0.207 e. The number of aryl methyl sites for hydroxylation is 1. The second kappa shape index (κ2) is 4.12. The van der Waals surface area contributed by atoms with Crippen LogP contribution in [0, 0.1) is 12.8 Å². The number of aliphatic imine (C=N–C) groups is 1. The highest BCUT2D eigenvalue weighted by Crippen LogP contribution is 2.34. The molecule has 0 spiro atoms. The van der Waals surface area contributed by atoms with E-state index in [0.717, 1.165) is 5.56 Å². The lowest BCUT2D eigenvalue weighted by Gasteiger charge is -2.30. The lowest BCUT2D eigenvalue weighted by atomic mass is 9.77. The van der Waals surface area contributed by atoms with E-state index in [1.165, 1.54) is 13.3 Å². The third-order valence-corrected chi connectivity index (χ3v) is 3.53. The summed E-state index contributed by atoms with van der Waals surface area (Å²) >= 11 is 0. The molecule has 5 nitrogen and oxygen atoms in total. The second-order valence-electron chi connectivity index (χ2n) is 4.57. The number of allylic oxidation sites excluding steroid dienone is 1. The highest BCUT2D eigenvalue weighted by atomic mass is 16.5. The summed E-state index contributed by atoms with van der Waals surface area (Å²) in [5.74, 6) is -0.539. The largest absolute Gasteiger partial charge is 0.500 e. The van der Waals surface area contributed by atoms with Crippen molar-refractivity contribution in [2.75, 3.05) is 7.11 Å². The lowest BCUT2D eigenvalue weighted by molar-refractivity contribution is 0.0765. The van der Waals surface area contributed by atoms with Crippen molar-refractivity contribution < 1.29 is 14.3 Å². The fourth-order valence-corrected chi connectivity index (χ4v) is 2.59. The van der Waals surface area contributed by atoms with Gasteiger partial charge < -0.3 is 4.74 Å². The van der Waals surface area contributed by atoms with Crippen LogP contribution in [0.5, 0.6) is 0 Å². The number of ketones is 2. The molecule has 0 aromatic carbocycles. The Morgan fingerprint density at radius 1 is 1.26 bits per heavy atom. The van der Waals surface area contributed by atoms with Crippen LogP contribution in [0.4, 0.5) is 0 Å². The second-order valence-corrected chi connectivity index (χ2v) is 4.57. The Bertz CT molecular complexity index is 646. The molecule has 2 unspecified atom stereocenters. The molecule has 1 aromatic heterocycles. The smallest absolute Gasteiger partial charge is 0.207 e. The van der Waals surface area contributed by atoms with E-state index in [0.29, 0.717) is 11.3 Å². The number of nitrogens with zero attached hydrogens (tertiary/aromatic N) is 2. The first-order valence-corrected chi connectivity index (χ1v) is 5.96. The van der Waals surface area contributed by atoms with Gasteiger partial charge in [0.15, 0.2) is 5.78 Å². The Balaban J connectivity index is 2.22. The van der Waals surface area contributed by atoms with Gasteiger partial charge in [-0.15, -0.1) is 0 Å². The minimum absolute atomic E-state index is 0.143. The molecule has 0 N–H and O–H groups in total. The van der Waals surface area contributed by atoms with E-state index in [-0.39, 0.29) is 17.3 Å². The Labute approximate surface area is 110 Å². The van der Waals surface area contributed by atoms with Crippen LogP contribution in [-0.4, -0.2) is 35.9 Å². The maximum absolute atomic E-state index is 12.6. The molecule has 0 fully saturated rings. The van der Waals surface area contributed by atoms with Crippen molar-refractivity contribution in [2.24, 2.45) is 10.9 Å². The van der Waals surface area contributed by atoms with Gasteiger partial charge in [-0.1, -0.05) is 0 Å².